The molecule has 1 N–H and O–H groups in total. The van der Waals surface area contributed by atoms with E-state index >= 15 is 0 Å². The minimum atomic E-state index is 0.0658. The van der Waals surface area contributed by atoms with Gasteiger partial charge in [-0.1, -0.05) is 6.07 Å². The molecular weight excluding hydrogens is 212 g/mol. The van der Waals surface area contributed by atoms with Crippen molar-refractivity contribution in [2.24, 2.45) is 5.92 Å². The van der Waals surface area contributed by atoms with Crippen LogP contribution in [0.15, 0.2) is 18.3 Å². The molecule has 3 heteroatoms. The summed E-state index contributed by atoms with van der Waals surface area (Å²) in [7, 11) is 0. The van der Waals surface area contributed by atoms with Crippen LogP contribution in [0.4, 0.5) is 0 Å². The van der Waals surface area contributed by atoms with Crippen molar-refractivity contribution in [1.82, 2.24) is 10.3 Å². The summed E-state index contributed by atoms with van der Waals surface area (Å²) in [5, 5.41) is 3.32. The van der Waals surface area contributed by atoms with Crippen LogP contribution in [0.5, 0.6) is 0 Å². The number of rotatable bonds is 2. The monoisotopic (exact) mass is 230 g/mol. The van der Waals surface area contributed by atoms with Crippen molar-refractivity contribution < 1.29 is 4.79 Å². The number of piperidine rings is 1. The summed E-state index contributed by atoms with van der Waals surface area (Å²) in [6, 6.07) is 4.07. The van der Waals surface area contributed by atoms with E-state index in [4.69, 9.17) is 0 Å². The molecule has 2 atom stereocenters. The number of ketones is 1. The number of fused-ring (bicyclic) bond motifs is 1. The predicted octanol–water partition coefficient (Wildman–Crippen LogP) is 1.68. The van der Waals surface area contributed by atoms with E-state index in [0.717, 1.165) is 44.5 Å². The third-order valence-electron chi connectivity index (χ3n) is 4.00. The van der Waals surface area contributed by atoms with Crippen molar-refractivity contribution in [1.29, 1.82) is 0 Å². The van der Waals surface area contributed by atoms with Crippen molar-refractivity contribution in [3.63, 3.8) is 0 Å². The normalized spacial score (nSPS) is 27.8. The van der Waals surface area contributed by atoms with Crippen molar-refractivity contribution in [3.8, 4) is 0 Å². The molecule has 0 amide bonds. The first kappa shape index (κ1) is 10.9. The van der Waals surface area contributed by atoms with Crippen molar-refractivity contribution in [3.05, 3.63) is 29.6 Å². The quantitative estimate of drug-likeness (QED) is 0.840. The van der Waals surface area contributed by atoms with Gasteiger partial charge in [0.15, 0.2) is 0 Å². The highest BCUT2D eigenvalue weighted by Crippen LogP contribution is 2.34. The number of nitrogens with one attached hydrogen (secondary N) is 1. The van der Waals surface area contributed by atoms with E-state index in [0.29, 0.717) is 5.78 Å². The lowest BCUT2D eigenvalue weighted by Crippen LogP contribution is -2.36. The first-order chi connectivity index (χ1) is 8.36. The van der Waals surface area contributed by atoms with Gasteiger partial charge in [-0.15, -0.1) is 0 Å². The first-order valence-electron chi connectivity index (χ1n) is 6.54. The molecule has 1 aromatic rings. The molecule has 1 aliphatic carbocycles. The fourth-order valence-corrected chi connectivity index (χ4v) is 3.07. The summed E-state index contributed by atoms with van der Waals surface area (Å²) in [6.07, 6.45) is 5.95. The summed E-state index contributed by atoms with van der Waals surface area (Å²) in [5.74, 6) is 0.687. The molecule has 17 heavy (non-hydrogen) atoms. The lowest BCUT2D eigenvalue weighted by molar-refractivity contribution is -0.124. The number of Topliss-reactive ketones (excluding diaryl/α,β-unsaturated/α-hetero) is 1. The van der Waals surface area contributed by atoms with Gasteiger partial charge in [-0.2, -0.15) is 0 Å². The Kier molecular flexibility index (Phi) is 2.93. The summed E-state index contributed by atoms with van der Waals surface area (Å²) >= 11 is 0. The van der Waals surface area contributed by atoms with Crippen molar-refractivity contribution in [2.45, 2.75) is 31.6 Å². The number of aromatic nitrogens is 1. The summed E-state index contributed by atoms with van der Waals surface area (Å²) in [5.41, 5.74) is 2.32. The Labute approximate surface area is 102 Å². The van der Waals surface area contributed by atoms with Crippen LogP contribution < -0.4 is 5.32 Å². The molecule has 2 aliphatic rings. The second-order valence-electron chi connectivity index (χ2n) is 5.08. The highest BCUT2D eigenvalue weighted by molar-refractivity contribution is 5.88. The standard InChI is InChI=1S/C14H18N2O/c17-14(11-4-1-7-15-9-11)12-6-5-10-3-2-8-16-13(10)12/h2-3,8,11-12,15H,1,4-7,9H2. The van der Waals surface area contributed by atoms with Crippen molar-refractivity contribution >= 4 is 5.78 Å². The van der Waals surface area contributed by atoms with E-state index in [1.165, 1.54) is 5.56 Å². The van der Waals surface area contributed by atoms with Crippen LogP contribution in [-0.2, 0) is 11.2 Å². The van der Waals surface area contributed by atoms with Crippen LogP contribution >= 0.6 is 0 Å². The lowest BCUT2D eigenvalue weighted by atomic mass is 9.86. The maximum absolute atomic E-state index is 12.5. The van der Waals surface area contributed by atoms with Crippen molar-refractivity contribution in [2.75, 3.05) is 13.1 Å². The Morgan fingerprint density at radius 2 is 2.35 bits per heavy atom. The number of carbonyl (C=O) groups is 1. The molecule has 90 valence electrons. The van der Waals surface area contributed by atoms with Crippen LogP contribution in [0.3, 0.4) is 0 Å². The van der Waals surface area contributed by atoms with Gasteiger partial charge in [-0.05, 0) is 43.9 Å². The molecule has 3 rings (SSSR count). The van der Waals surface area contributed by atoms with Crippen LogP contribution in [0.2, 0.25) is 0 Å². The highest BCUT2D eigenvalue weighted by Gasteiger charge is 2.34. The zero-order valence-corrected chi connectivity index (χ0v) is 9.98. The Balaban J connectivity index is 1.79. The van der Waals surface area contributed by atoms with E-state index < -0.39 is 0 Å². The topological polar surface area (TPSA) is 42.0 Å². The van der Waals surface area contributed by atoms with Gasteiger partial charge in [0, 0.05) is 18.7 Å². The summed E-state index contributed by atoms with van der Waals surface area (Å²) in [4.78, 5) is 16.9. The number of carbonyl (C=O) groups excluding carboxylic acids is 1. The molecule has 2 unspecified atom stereocenters. The summed E-state index contributed by atoms with van der Waals surface area (Å²) < 4.78 is 0. The zero-order chi connectivity index (χ0) is 11.7. The fourth-order valence-electron chi connectivity index (χ4n) is 3.07. The van der Waals surface area contributed by atoms with Gasteiger partial charge < -0.3 is 5.32 Å². The number of hydrogen-bond donors (Lipinski definition) is 1. The predicted molar refractivity (Wildman–Crippen MR) is 65.9 cm³/mol. The van der Waals surface area contributed by atoms with Gasteiger partial charge in [-0.3, -0.25) is 9.78 Å². The third kappa shape index (κ3) is 2.00. The Bertz CT molecular complexity index is 424. The maximum atomic E-state index is 12.5. The number of aryl methyl sites for hydroxylation is 1. The van der Waals surface area contributed by atoms with Gasteiger partial charge in [-0.25, -0.2) is 0 Å². The van der Waals surface area contributed by atoms with Crippen LogP contribution in [0, 0.1) is 5.92 Å². The number of hydrogen-bond acceptors (Lipinski definition) is 3. The molecule has 1 saturated heterocycles. The molecule has 1 aromatic heterocycles. The zero-order valence-electron chi connectivity index (χ0n) is 9.98. The molecule has 0 spiro atoms. The first-order valence-corrected chi connectivity index (χ1v) is 6.54. The average molecular weight is 230 g/mol. The second-order valence-corrected chi connectivity index (χ2v) is 5.08. The third-order valence-corrected chi connectivity index (χ3v) is 4.00. The molecule has 0 saturated carbocycles. The van der Waals surface area contributed by atoms with Crippen LogP contribution in [0.1, 0.15) is 36.4 Å². The Hall–Kier alpha value is -1.22. The minimum Gasteiger partial charge on any atom is -0.316 e. The molecule has 0 aromatic carbocycles. The van der Waals surface area contributed by atoms with E-state index in [1.807, 2.05) is 12.3 Å². The molecule has 3 nitrogen and oxygen atoms in total. The molecule has 0 radical (unpaired) electrons. The Morgan fingerprint density at radius 3 is 3.18 bits per heavy atom. The number of pyridine rings is 1. The molecule has 0 bridgehead atoms. The van der Waals surface area contributed by atoms with E-state index in [-0.39, 0.29) is 11.8 Å². The maximum Gasteiger partial charge on any atom is 0.146 e. The van der Waals surface area contributed by atoms with Crippen LogP contribution in [-0.4, -0.2) is 23.9 Å². The van der Waals surface area contributed by atoms with Gasteiger partial charge >= 0.3 is 0 Å². The van der Waals surface area contributed by atoms with E-state index in [2.05, 4.69) is 16.4 Å². The van der Waals surface area contributed by atoms with Gasteiger partial charge in [0.25, 0.3) is 0 Å². The van der Waals surface area contributed by atoms with E-state index in [1.54, 1.807) is 0 Å². The summed E-state index contributed by atoms with van der Waals surface area (Å²) in [6.45, 7) is 1.92. The van der Waals surface area contributed by atoms with E-state index in [9.17, 15) is 4.79 Å². The minimum absolute atomic E-state index is 0.0658. The smallest absolute Gasteiger partial charge is 0.146 e. The Morgan fingerprint density at radius 1 is 1.41 bits per heavy atom. The fraction of sp³-hybridized carbons (Fsp3) is 0.571. The van der Waals surface area contributed by atoms with Gasteiger partial charge in [0.05, 0.1) is 11.6 Å². The van der Waals surface area contributed by atoms with Gasteiger partial charge in [0.1, 0.15) is 5.78 Å². The largest absolute Gasteiger partial charge is 0.316 e. The van der Waals surface area contributed by atoms with Gasteiger partial charge in [0.2, 0.25) is 0 Å². The highest BCUT2D eigenvalue weighted by atomic mass is 16.1. The molecule has 1 aliphatic heterocycles. The number of nitrogens with zero attached hydrogens (tertiary/aromatic N) is 1. The molecular formula is C14H18N2O. The lowest BCUT2D eigenvalue weighted by Gasteiger charge is -2.24. The molecule has 2 heterocycles. The average Bonchev–Trinajstić information content (AvgIpc) is 2.83. The SMILES string of the molecule is O=C(C1CCCNC1)C1CCc2cccnc21. The molecule has 1 fully saturated rings. The van der Waals surface area contributed by atoms with Crippen LogP contribution in [0.25, 0.3) is 0 Å². The second kappa shape index (κ2) is 4.57.